The molecule has 1 N–H and O–H groups in total. The lowest BCUT2D eigenvalue weighted by Gasteiger charge is -2.36. The fourth-order valence-electron chi connectivity index (χ4n) is 2.78. The molecule has 0 unspecified atom stereocenters. The standard InChI is InChI=1S/C16H19N5O2/c1-10(2)6-14-15(22)19-12-8-17-5-4-13(12)21(14)16(23)11-7-18-20(3)9-11/h4-5,7-10,14H,6H2,1-3H3,(H,19,22)/t14-/m0/s1. The minimum absolute atomic E-state index is 0.184. The lowest BCUT2D eigenvalue weighted by atomic mass is 9.98. The van der Waals surface area contributed by atoms with E-state index in [1.54, 1.807) is 41.3 Å². The summed E-state index contributed by atoms with van der Waals surface area (Å²) in [5.74, 6) is -0.138. The number of aryl methyl sites for hydroxylation is 1. The number of nitrogens with zero attached hydrogens (tertiary/aromatic N) is 4. The molecule has 1 aliphatic rings. The van der Waals surface area contributed by atoms with Crippen molar-refractivity contribution in [2.24, 2.45) is 13.0 Å². The largest absolute Gasteiger partial charge is 0.321 e. The van der Waals surface area contributed by atoms with Gasteiger partial charge in [-0.3, -0.25) is 24.2 Å². The van der Waals surface area contributed by atoms with Gasteiger partial charge >= 0.3 is 0 Å². The summed E-state index contributed by atoms with van der Waals surface area (Å²) in [6, 6.07) is 1.20. The smallest absolute Gasteiger partial charge is 0.262 e. The van der Waals surface area contributed by atoms with Gasteiger partial charge in [0.2, 0.25) is 5.91 Å². The molecule has 23 heavy (non-hydrogen) atoms. The van der Waals surface area contributed by atoms with Gasteiger partial charge in [0.15, 0.2) is 0 Å². The number of nitrogens with one attached hydrogen (secondary N) is 1. The van der Waals surface area contributed by atoms with Gasteiger partial charge in [-0.2, -0.15) is 5.10 Å². The van der Waals surface area contributed by atoms with Crippen LogP contribution in [0, 0.1) is 5.92 Å². The van der Waals surface area contributed by atoms with Crippen LogP contribution in [0.2, 0.25) is 0 Å². The maximum absolute atomic E-state index is 13.0. The Balaban J connectivity index is 2.07. The normalized spacial score (nSPS) is 17.1. The Bertz CT molecular complexity index is 752. The summed E-state index contributed by atoms with van der Waals surface area (Å²) in [5.41, 5.74) is 1.67. The van der Waals surface area contributed by atoms with E-state index in [1.807, 2.05) is 13.8 Å². The van der Waals surface area contributed by atoms with Gasteiger partial charge in [-0.1, -0.05) is 13.8 Å². The first-order valence-corrected chi connectivity index (χ1v) is 7.54. The second-order valence-electron chi connectivity index (χ2n) is 6.11. The molecule has 7 heteroatoms. The molecule has 1 atom stereocenters. The van der Waals surface area contributed by atoms with Crippen LogP contribution in [0.25, 0.3) is 0 Å². The third kappa shape index (κ3) is 2.81. The average Bonchev–Trinajstić information content (AvgIpc) is 2.93. The predicted molar refractivity (Wildman–Crippen MR) is 86.1 cm³/mol. The molecule has 7 nitrogen and oxygen atoms in total. The lowest BCUT2D eigenvalue weighted by molar-refractivity contribution is -0.117. The fourth-order valence-corrected chi connectivity index (χ4v) is 2.78. The molecule has 2 aromatic rings. The molecule has 0 saturated heterocycles. The van der Waals surface area contributed by atoms with Crippen LogP contribution in [0.4, 0.5) is 11.4 Å². The molecular formula is C16H19N5O2. The highest BCUT2D eigenvalue weighted by molar-refractivity contribution is 6.16. The zero-order chi connectivity index (χ0) is 16.6. The number of amides is 2. The third-order valence-electron chi connectivity index (χ3n) is 3.80. The van der Waals surface area contributed by atoms with Crippen LogP contribution in [0.15, 0.2) is 30.9 Å². The second-order valence-corrected chi connectivity index (χ2v) is 6.11. The highest BCUT2D eigenvalue weighted by Crippen LogP contribution is 2.34. The number of fused-ring (bicyclic) bond motifs is 1. The van der Waals surface area contributed by atoms with Gasteiger partial charge < -0.3 is 5.32 Å². The molecule has 0 saturated carbocycles. The number of carbonyl (C=O) groups excluding carboxylic acids is 2. The van der Waals surface area contributed by atoms with E-state index in [0.717, 1.165) is 0 Å². The van der Waals surface area contributed by atoms with Gasteiger partial charge in [0.25, 0.3) is 5.91 Å². The highest BCUT2D eigenvalue weighted by atomic mass is 16.2. The van der Waals surface area contributed by atoms with E-state index in [2.05, 4.69) is 15.4 Å². The Hall–Kier alpha value is -2.70. The zero-order valence-electron chi connectivity index (χ0n) is 13.4. The van der Waals surface area contributed by atoms with Gasteiger partial charge in [-0.05, 0) is 18.4 Å². The number of hydrogen-bond acceptors (Lipinski definition) is 4. The SMILES string of the molecule is CC(C)C[C@H]1C(=O)Nc2cnccc2N1C(=O)c1cnn(C)c1. The summed E-state index contributed by atoms with van der Waals surface area (Å²) < 4.78 is 1.57. The number of hydrogen-bond donors (Lipinski definition) is 1. The number of anilines is 2. The van der Waals surface area contributed by atoms with Gasteiger partial charge in [0.05, 0.1) is 29.3 Å². The molecule has 3 rings (SSSR count). The van der Waals surface area contributed by atoms with Crippen LogP contribution in [0.5, 0.6) is 0 Å². The fraction of sp³-hybridized carbons (Fsp3) is 0.375. The Morgan fingerprint density at radius 1 is 1.39 bits per heavy atom. The van der Waals surface area contributed by atoms with Crippen molar-refractivity contribution in [2.75, 3.05) is 10.2 Å². The van der Waals surface area contributed by atoms with Crippen molar-refractivity contribution in [2.45, 2.75) is 26.3 Å². The molecule has 0 fully saturated rings. The molecule has 1 aliphatic heterocycles. The maximum Gasteiger partial charge on any atom is 0.262 e. The van der Waals surface area contributed by atoms with E-state index in [4.69, 9.17) is 0 Å². The van der Waals surface area contributed by atoms with E-state index in [1.165, 1.54) is 6.20 Å². The average molecular weight is 313 g/mol. The summed E-state index contributed by atoms with van der Waals surface area (Å²) in [5, 5.41) is 6.89. The van der Waals surface area contributed by atoms with E-state index in [0.29, 0.717) is 23.4 Å². The van der Waals surface area contributed by atoms with Crippen molar-refractivity contribution in [3.05, 3.63) is 36.4 Å². The first-order chi connectivity index (χ1) is 11.0. The molecule has 3 heterocycles. The van der Waals surface area contributed by atoms with E-state index in [-0.39, 0.29) is 17.7 Å². The van der Waals surface area contributed by atoms with Crippen LogP contribution < -0.4 is 10.2 Å². The molecule has 0 aromatic carbocycles. The minimum Gasteiger partial charge on any atom is -0.321 e. The predicted octanol–water partition coefficient (Wildman–Crippen LogP) is 1.83. The molecule has 0 spiro atoms. The first kappa shape index (κ1) is 15.2. The maximum atomic E-state index is 13.0. The van der Waals surface area contributed by atoms with Crippen LogP contribution >= 0.6 is 0 Å². The summed E-state index contributed by atoms with van der Waals surface area (Å²) in [6.45, 7) is 4.06. The number of pyridine rings is 1. The van der Waals surface area contributed by atoms with Crippen LogP contribution in [-0.4, -0.2) is 32.6 Å². The van der Waals surface area contributed by atoms with Crippen molar-refractivity contribution in [3.8, 4) is 0 Å². The summed E-state index contributed by atoms with van der Waals surface area (Å²) in [4.78, 5) is 31.1. The summed E-state index contributed by atoms with van der Waals surface area (Å²) >= 11 is 0. The monoisotopic (exact) mass is 313 g/mol. The number of carbonyl (C=O) groups is 2. The molecule has 0 bridgehead atoms. The lowest BCUT2D eigenvalue weighted by Crippen LogP contribution is -2.51. The Morgan fingerprint density at radius 2 is 2.17 bits per heavy atom. The molecule has 0 radical (unpaired) electrons. The van der Waals surface area contributed by atoms with Crippen molar-refractivity contribution in [1.82, 2.24) is 14.8 Å². The van der Waals surface area contributed by atoms with Gasteiger partial charge in [-0.15, -0.1) is 0 Å². The van der Waals surface area contributed by atoms with Crippen LogP contribution in [-0.2, 0) is 11.8 Å². The van der Waals surface area contributed by atoms with Crippen LogP contribution in [0.3, 0.4) is 0 Å². The Morgan fingerprint density at radius 3 is 2.83 bits per heavy atom. The topological polar surface area (TPSA) is 80.1 Å². The van der Waals surface area contributed by atoms with E-state index < -0.39 is 6.04 Å². The van der Waals surface area contributed by atoms with Gasteiger partial charge in [0.1, 0.15) is 6.04 Å². The van der Waals surface area contributed by atoms with Crippen molar-refractivity contribution in [3.63, 3.8) is 0 Å². The van der Waals surface area contributed by atoms with Gasteiger partial charge in [0, 0.05) is 19.4 Å². The highest BCUT2D eigenvalue weighted by Gasteiger charge is 2.37. The summed E-state index contributed by atoms with van der Waals surface area (Å²) in [7, 11) is 1.75. The Kier molecular flexibility index (Phi) is 3.85. The van der Waals surface area contributed by atoms with Crippen LogP contribution in [0.1, 0.15) is 30.6 Å². The minimum atomic E-state index is -0.544. The molecule has 120 valence electrons. The van der Waals surface area contributed by atoms with E-state index in [9.17, 15) is 9.59 Å². The zero-order valence-corrected chi connectivity index (χ0v) is 13.4. The van der Waals surface area contributed by atoms with E-state index >= 15 is 0 Å². The quantitative estimate of drug-likeness (QED) is 0.937. The molecule has 2 aromatic heterocycles. The van der Waals surface area contributed by atoms with Gasteiger partial charge in [-0.25, -0.2) is 0 Å². The third-order valence-corrected chi connectivity index (χ3v) is 3.80. The molecular weight excluding hydrogens is 294 g/mol. The molecule has 0 aliphatic carbocycles. The van der Waals surface area contributed by atoms with Crippen molar-refractivity contribution >= 4 is 23.2 Å². The number of rotatable bonds is 3. The Labute approximate surface area is 134 Å². The summed E-state index contributed by atoms with van der Waals surface area (Å²) in [6.07, 6.45) is 6.93. The number of aromatic nitrogens is 3. The second kappa shape index (κ2) is 5.83. The molecule has 2 amide bonds. The first-order valence-electron chi connectivity index (χ1n) is 7.54. The van der Waals surface area contributed by atoms with Crippen molar-refractivity contribution in [1.29, 1.82) is 0 Å². The van der Waals surface area contributed by atoms with Crippen molar-refractivity contribution < 1.29 is 9.59 Å².